The van der Waals surface area contributed by atoms with Gasteiger partial charge in [-0.05, 0) is 43.9 Å². The largest absolute Gasteiger partial charge is 0.324 e. The van der Waals surface area contributed by atoms with Crippen LogP contribution in [-0.4, -0.2) is 37.4 Å². The molecule has 2 N–H and O–H groups in total. The fourth-order valence-corrected chi connectivity index (χ4v) is 2.21. The van der Waals surface area contributed by atoms with Crippen molar-refractivity contribution in [1.29, 1.82) is 0 Å². The van der Waals surface area contributed by atoms with Crippen molar-refractivity contribution in [2.24, 2.45) is 0 Å². The maximum absolute atomic E-state index is 13.2. The highest BCUT2D eigenvalue weighted by Crippen LogP contribution is 2.21. The highest BCUT2D eigenvalue weighted by atomic mass is 19.2. The Bertz CT molecular complexity index is 779. The Morgan fingerprint density at radius 1 is 0.920 bits per heavy atom. The van der Waals surface area contributed by atoms with Crippen molar-refractivity contribution in [3.63, 3.8) is 0 Å². The summed E-state index contributed by atoms with van der Waals surface area (Å²) < 4.78 is 26.1. The number of likely N-dealkylation sites (N-methyl/N-ethyl adjacent to an activating group) is 1. The van der Waals surface area contributed by atoms with Gasteiger partial charge in [0.05, 0.1) is 24.3 Å². The summed E-state index contributed by atoms with van der Waals surface area (Å²) in [5, 5.41) is 5.39. The van der Waals surface area contributed by atoms with Gasteiger partial charge in [0.2, 0.25) is 11.8 Å². The van der Waals surface area contributed by atoms with Gasteiger partial charge in [0, 0.05) is 0 Å². The van der Waals surface area contributed by atoms with Crippen LogP contribution in [0.3, 0.4) is 0 Å². The first-order chi connectivity index (χ1) is 11.8. The minimum Gasteiger partial charge on any atom is -0.324 e. The standard InChI is InChI=1S/C18H19F2N3O2/c1-23(2)11-18(25)22-16-6-4-3-5-15(16)21-17(24)10-12-7-8-13(19)14(20)9-12/h3-9H,10-11H2,1-2H3,(H,21,24)(H,22,25). The maximum atomic E-state index is 13.2. The van der Waals surface area contributed by atoms with Crippen LogP contribution in [0, 0.1) is 11.6 Å². The van der Waals surface area contributed by atoms with E-state index >= 15 is 0 Å². The number of amides is 2. The van der Waals surface area contributed by atoms with Gasteiger partial charge in [0.15, 0.2) is 11.6 Å². The van der Waals surface area contributed by atoms with Gasteiger partial charge in [-0.1, -0.05) is 18.2 Å². The summed E-state index contributed by atoms with van der Waals surface area (Å²) in [5.74, 6) is -2.58. The van der Waals surface area contributed by atoms with E-state index in [9.17, 15) is 18.4 Å². The van der Waals surface area contributed by atoms with Crippen LogP contribution in [-0.2, 0) is 16.0 Å². The molecule has 132 valence electrons. The third kappa shape index (κ3) is 5.65. The fraction of sp³-hybridized carbons (Fsp3) is 0.222. The van der Waals surface area contributed by atoms with Crippen LogP contribution in [0.2, 0.25) is 0 Å². The smallest absolute Gasteiger partial charge is 0.238 e. The van der Waals surface area contributed by atoms with Crippen molar-refractivity contribution in [2.75, 3.05) is 31.3 Å². The van der Waals surface area contributed by atoms with E-state index in [0.29, 0.717) is 16.9 Å². The SMILES string of the molecule is CN(C)CC(=O)Nc1ccccc1NC(=O)Cc1ccc(F)c(F)c1. The molecule has 0 aliphatic carbocycles. The summed E-state index contributed by atoms with van der Waals surface area (Å²) in [6.07, 6.45) is -0.114. The Labute approximate surface area is 144 Å². The zero-order valence-corrected chi connectivity index (χ0v) is 14.0. The van der Waals surface area contributed by atoms with Gasteiger partial charge in [0.25, 0.3) is 0 Å². The lowest BCUT2D eigenvalue weighted by atomic mass is 10.1. The third-order valence-electron chi connectivity index (χ3n) is 3.28. The lowest BCUT2D eigenvalue weighted by Crippen LogP contribution is -2.27. The lowest BCUT2D eigenvalue weighted by Gasteiger charge is -2.14. The number of para-hydroxylation sites is 2. The lowest BCUT2D eigenvalue weighted by molar-refractivity contribution is -0.117. The van der Waals surface area contributed by atoms with Crippen LogP contribution in [0.5, 0.6) is 0 Å². The molecule has 0 atom stereocenters. The summed E-state index contributed by atoms with van der Waals surface area (Å²) in [7, 11) is 3.55. The molecule has 25 heavy (non-hydrogen) atoms. The molecule has 5 nitrogen and oxygen atoms in total. The van der Waals surface area contributed by atoms with E-state index in [2.05, 4.69) is 10.6 Å². The number of benzene rings is 2. The van der Waals surface area contributed by atoms with Gasteiger partial charge in [-0.3, -0.25) is 9.59 Å². The van der Waals surface area contributed by atoms with Gasteiger partial charge < -0.3 is 15.5 Å². The number of hydrogen-bond acceptors (Lipinski definition) is 3. The van der Waals surface area contributed by atoms with Gasteiger partial charge in [0.1, 0.15) is 0 Å². The minimum atomic E-state index is -0.998. The Kier molecular flexibility index (Phi) is 6.19. The summed E-state index contributed by atoms with van der Waals surface area (Å²) in [6.45, 7) is 0.205. The quantitative estimate of drug-likeness (QED) is 0.844. The van der Waals surface area contributed by atoms with Crippen LogP contribution >= 0.6 is 0 Å². The highest BCUT2D eigenvalue weighted by Gasteiger charge is 2.11. The number of anilines is 2. The molecule has 0 bridgehead atoms. The van der Waals surface area contributed by atoms with E-state index in [4.69, 9.17) is 0 Å². The molecule has 7 heteroatoms. The van der Waals surface area contributed by atoms with Crippen LogP contribution < -0.4 is 10.6 Å². The average molecular weight is 347 g/mol. The van der Waals surface area contributed by atoms with Gasteiger partial charge in [-0.15, -0.1) is 0 Å². The molecular formula is C18H19F2N3O2. The first-order valence-corrected chi connectivity index (χ1v) is 7.62. The molecule has 0 fully saturated rings. The normalized spacial score (nSPS) is 10.6. The molecule has 0 radical (unpaired) electrons. The summed E-state index contributed by atoms with van der Waals surface area (Å²) in [4.78, 5) is 25.7. The second-order valence-electron chi connectivity index (χ2n) is 5.80. The average Bonchev–Trinajstić information content (AvgIpc) is 2.52. The fourth-order valence-electron chi connectivity index (χ4n) is 2.21. The highest BCUT2D eigenvalue weighted by molar-refractivity contribution is 6.00. The van der Waals surface area contributed by atoms with E-state index in [1.165, 1.54) is 6.07 Å². The molecule has 2 aromatic carbocycles. The van der Waals surface area contributed by atoms with Crippen LogP contribution in [0.25, 0.3) is 0 Å². The molecule has 2 aromatic rings. The Morgan fingerprint density at radius 2 is 1.52 bits per heavy atom. The van der Waals surface area contributed by atoms with Crippen LogP contribution in [0.15, 0.2) is 42.5 Å². The Morgan fingerprint density at radius 3 is 2.08 bits per heavy atom. The van der Waals surface area contributed by atoms with Crippen molar-refractivity contribution < 1.29 is 18.4 Å². The number of carbonyl (C=O) groups is 2. The van der Waals surface area contributed by atoms with E-state index in [0.717, 1.165) is 12.1 Å². The van der Waals surface area contributed by atoms with Crippen molar-refractivity contribution in [2.45, 2.75) is 6.42 Å². The summed E-state index contributed by atoms with van der Waals surface area (Å²) in [5.41, 5.74) is 1.25. The van der Waals surface area contributed by atoms with Crippen molar-refractivity contribution in [3.05, 3.63) is 59.7 Å². The van der Waals surface area contributed by atoms with E-state index < -0.39 is 17.5 Å². The third-order valence-corrected chi connectivity index (χ3v) is 3.28. The first-order valence-electron chi connectivity index (χ1n) is 7.62. The number of nitrogens with zero attached hydrogens (tertiary/aromatic N) is 1. The van der Waals surface area contributed by atoms with Gasteiger partial charge in [-0.25, -0.2) is 8.78 Å². The Hall–Kier alpha value is -2.80. The molecule has 0 heterocycles. The van der Waals surface area contributed by atoms with Crippen molar-refractivity contribution in [1.82, 2.24) is 4.90 Å². The molecule has 0 saturated heterocycles. The zero-order chi connectivity index (χ0) is 18.4. The topological polar surface area (TPSA) is 61.4 Å². The number of rotatable bonds is 6. The van der Waals surface area contributed by atoms with E-state index in [1.54, 1.807) is 43.3 Å². The molecule has 2 amide bonds. The number of hydrogen-bond donors (Lipinski definition) is 2. The summed E-state index contributed by atoms with van der Waals surface area (Å²) in [6, 6.07) is 10.1. The molecular weight excluding hydrogens is 328 g/mol. The van der Waals surface area contributed by atoms with E-state index in [-0.39, 0.29) is 18.9 Å². The molecule has 0 saturated carbocycles. The Balaban J connectivity index is 2.05. The molecule has 2 rings (SSSR count). The van der Waals surface area contributed by atoms with Crippen molar-refractivity contribution >= 4 is 23.2 Å². The number of halogens is 2. The van der Waals surface area contributed by atoms with Crippen LogP contribution in [0.4, 0.5) is 20.2 Å². The minimum absolute atomic E-state index is 0.114. The predicted molar refractivity (Wildman–Crippen MR) is 92.3 cm³/mol. The van der Waals surface area contributed by atoms with E-state index in [1.807, 2.05) is 0 Å². The number of carbonyl (C=O) groups excluding carboxylic acids is 2. The van der Waals surface area contributed by atoms with Gasteiger partial charge >= 0.3 is 0 Å². The first kappa shape index (κ1) is 18.5. The van der Waals surface area contributed by atoms with Gasteiger partial charge in [-0.2, -0.15) is 0 Å². The predicted octanol–water partition coefficient (Wildman–Crippen LogP) is 2.65. The second kappa shape index (κ2) is 8.34. The van der Waals surface area contributed by atoms with Crippen molar-refractivity contribution in [3.8, 4) is 0 Å². The molecule has 0 spiro atoms. The molecule has 0 aromatic heterocycles. The maximum Gasteiger partial charge on any atom is 0.238 e. The molecule has 0 aliphatic rings. The summed E-state index contributed by atoms with van der Waals surface area (Å²) >= 11 is 0. The second-order valence-corrected chi connectivity index (χ2v) is 5.80. The molecule has 0 aliphatic heterocycles. The van der Waals surface area contributed by atoms with Crippen LogP contribution in [0.1, 0.15) is 5.56 Å². The monoisotopic (exact) mass is 347 g/mol. The number of nitrogens with one attached hydrogen (secondary N) is 2. The molecule has 0 unspecified atom stereocenters. The zero-order valence-electron chi connectivity index (χ0n) is 14.0.